The van der Waals surface area contributed by atoms with Crippen LogP contribution in [0.4, 0.5) is 14.5 Å². The van der Waals surface area contributed by atoms with E-state index >= 15 is 0 Å². The first-order valence-corrected chi connectivity index (χ1v) is 12.4. The zero-order valence-electron chi connectivity index (χ0n) is 21.3. The van der Waals surface area contributed by atoms with Gasteiger partial charge in [0.05, 0.1) is 18.4 Å². The van der Waals surface area contributed by atoms with Crippen LogP contribution in [0.5, 0.6) is 11.5 Å². The van der Waals surface area contributed by atoms with Crippen LogP contribution in [0.3, 0.4) is 0 Å². The van der Waals surface area contributed by atoms with Crippen LogP contribution < -0.4 is 14.4 Å². The number of halogens is 3. The summed E-state index contributed by atoms with van der Waals surface area (Å²) < 4.78 is 38.2. The van der Waals surface area contributed by atoms with E-state index in [1.807, 2.05) is 24.3 Å². The summed E-state index contributed by atoms with van der Waals surface area (Å²) in [6, 6.07) is 17.7. The van der Waals surface area contributed by atoms with Gasteiger partial charge in [0, 0.05) is 39.1 Å². The van der Waals surface area contributed by atoms with Crippen LogP contribution in [0.15, 0.2) is 66.7 Å². The lowest BCUT2D eigenvalue weighted by atomic mass is 10.0. The second kappa shape index (κ2) is 14.1. The number of carbonyl (C=O) groups is 1. The molecule has 6 nitrogen and oxygen atoms in total. The van der Waals surface area contributed by atoms with Crippen LogP contribution in [-0.2, 0) is 6.42 Å². The van der Waals surface area contributed by atoms with Crippen molar-refractivity contribution in [3.05, 3.63) is 89.5 Å². The van der Waals surface area contributed by atoms with Gasteiger partial charge in [-0.15, -0.1) is 12.4 Å². The van der Waals surface area contributed by atoms with E-state index in [9.17, 15) is 18.7 Å². The number of ether oxygens (including phenoxy) is 2. The van der Waals surface area contributed by atoms with E-state index in [1.165, 1.54) is 24.3 Å². The quantitative estimate of drug-likeness (QED) is 0.350. The van der Waals surface area contributed by atoms with Crippen LogP contribution in [-0.4, -0.2) is 68.3 Å². The molecule has 1 aliphatic heterocycles. The molecule has 1 fully saturated rings. The van der Waals surface area contributed by atoms with Gasteiger partial charge in [0.25, 0.3) is 0 Å². The number of piperazine rings is 1. The van der Waals surface area contributed by atoms with Gasteiger partial charge in [0.2, 0.25) is 0 Å². The Morgan fingerprint density at radius 2 is 1.63 bits per heavy atom. The first kappa shape index (κ1) is 29.4. The summed E-state index contributed by atoms with van der Waals surface area (Å²) in [5.74, 6) is -0.0725. The van der Waals surface area contributed by atoms with Crippen LogP contribution in [0.2, 0.25) is 0 Å². The van der Waals surface area contributed by atoms with Crippen LogP contribution in [0.1, 0.15) is 22.3 Å². The molecule has 0 saturated carbocycles. The SMILES string of the molecule is COc1ccccc1N1CCN(CC(O)COc2ccc(F)cc2C(=O)CCc2ccc(F)cc2)CC1.Cl. The fourth-order valence-electron chi connectivity index (χ4n) is 4.49. The fraction of sp³-hybridized carbons (Fsp3) is 0.345. The van der Waals surface area contributed by atoms with Gasteiger partial charge in [0.15, 0.2) is 5.78 Å². The number of rotatable bonds is 11. The zero-order chi connectivity index (χ0) is 26.2. The Hall–Kier alpha value is -3.20. The highest BCUT2D eigenvalue weighted by Crippen LogP contribution is 2.28. The maximum Gasteiger partial charge on any atom is 0.167 e. The highest BCUT2D eigenvalue weighted by molar-refractivity contribution is 5.98. The summed E-state index contributed by atoms with van der Waals surface area (Å²) >= 11 is 0. The molecule has 1 atom stereocenters. The van der Waals surface area contributed by atoms with Gasteiger partial charge < -0.3 is 19.5 Å². The van der Waals surface area contributed by atoms with E-state index in [0.717, 1.165) is 49.2 Å². The molecule has 1 heterocycles. The largest absolute Gasteiger partial charge is 0.495 e. The number of carbonyl (C=O) groups excluding carboxylic acids is 1. The number of methoxy groups -OCH3 is 1. The summed E-state index contributed by atoms with van der Waals surface area (Å²) in [5.41, 5.74) is 2.01. The summed E-state index contributed by atoms with van der Waals surface area (Å²) in [7, 11) is 1.66. The lowest BCUT2D eigenvalue weighted by Gasteiger charge is -2.37. The topological polar surface area (TPSA) is 62.2 Å². The van der Waals surface area contributed by atoms with Crippen molar-refractivity contribution in [1.82, 2.24) is 4.90 Å². The fourth-order valence-corrected chi connectivity index (χ4v) is 4.49. The summed E-state index contributed by atoms with van der Waals surface area (Å²) in [6.45, 7) is 3.57. The molecule has 0 aliphatic carbocycles. The molecule has 1 unspecified atom stereocenters. The van der Waals surface area contributed by atoms with Gasteiger partial charge in [-0.3, -0.25) is 9.69 Å². The number of aliphatic hydroxyl groups excluding tert-OH is 1. The minimum atomic E-state index is -0.773. The molecule has 0 radical (unpaired) electrons. The summed E-state index contributed by atoms with van der Waals surface area (Å²) in [6.07, 6.45) is -0.242. The number of ketones is 1. The van der Waals surface area contributed by atoms with E-state index < -0.39 is 11.9 Å². The summed E-state index contributed by atoms with van der Waals surface area (Å²) in [5, 5.41) is 10.6. The van der Waals surface area contributed by atoms with Gasteiger partial charge in [-0.25, -0.2) is 8.78 Å². The number of hydrogen-bond donors (Lipinski definition) is 1. The molecule has 1 saturated heterocycles. The van der Waals surface area contributed by atoms with Gasteiger partial charge in [-0.05, 0) is 54.4 Å². The Labute approximate surface area is 228 Å². The lowest BCUT2D eigenvalue weighted by Crippen LogP contribution is -2.49. The maximum absolute atomic E-state index is 13.9. The van der Waals surface area contributed by atoms with Crippen molar-refractivity contribution >= 4 is 23.9 Å². The first-order chi connectivity index (χ1) is 17.9. The average molecular weight is 547 g/mol. The number of anilines is 1. The zero-order valence-corrected chi connectivity index (χ0v) is 22.1. The minimum Gasteiger partial charge on any atom is -0.495 e. The Bertz CT molecular complexity index is 1190. The molecule has 4 rings (SSSR count). The molecule has 0 aromatic heterocycles. The van der Waals surface area contributed by atoms with Gasteiger partial charge in [0.1, 0.15) is 35.8 Å². The number of nitrogens with zero attached hydrogens (tertiary/aromatic N) is 2. The van der Waals surface area contributed by atoms with E-state index in [-0.39, 0.29) is 48.3 Å². The Kier molecular flexibility index (Phi) is 10.9. The van der Waals surface area contributed by atoms with Gasteiger partial charge in [-0.2, -0.15) is 0 Å². The number of hydrogen-bond acceptors (Lipinski definition) is 6. The molecule has 1 aliphatic rings. The maximum atomic E-state index is 13.9. The molecule has 204 valence electrons. The molecule has 38 heavy (non-hydrogen) atoms. The van der Waals surface area contributed by atoms with Crippen molar-refractivity contribution in [3.63, 3.8) is 0 Å². The molecule has 0 amide bonds. The summed E-state index contributed by atoms with van der Waals surface area (Å²) in [4.78, 5) is 17.2. The van der Waals surface area contributed by atoms with E-state index in [4.69, 9.17) is 9.47 Å². The molecule has 9 heteroatoms. The first-order valence-electron chi connectivity index (χ1n) is 12.4. The van der Waals surface area contributed by atoms with E-state index in [0.29, 0.717) is 13.0 Å². The van der Waals surface area contributed by atoms with Crippen molar-refractivity contribution in [1.29, 1.82) is 0 Å². The second-order valence-electron chi connectivity index (χ2n) is 9.11. The van der Waals surface area contributed by atoms with Crippen molar-refractivity contribution < 1.29 is 28.2 Å². The standard InChI is InChI=1S/C29H32F2N2O4.ClH/c1-36-29-5-3-2-4-26(29)33-16-14-32(15-17-33)19-24(34)20-37-28-13-11-23(31)18-25(28)27(35)12-8-21-6-9-22(30)10-7-21;/h2-7,9-11,13,18,24,34H,8,12,14-17,19-20H2,1H3;1H. The Balaban J connectivity index is 0.00000400. The Morgan fingerprint density at radius 1 is 0.947 bits per heavy atom. The van der Waals surface area contributed by atoms with E-state index in [2.05, 4.69) is 9.80 Å². The average Bonchev–Trinajstić information content (AvgIpc) is 2.92. The molecular formula is C29H33ClF2N2O4. The van der Waals surface area contributed by atoms with Gasteiger partial charge in [-0.1, -0.05) is 24.3 Å². The van der Waals surface area contributed by atoms with Crippen molar-refractivity contribution in [2.75, 3.05) is 51.3 Å². The van der Waals surface area contributed by atoms with Gasteiger partial charge >= 0.3 is 0 Å². The third kappa shape index (κ3) is 7.90. The van der Waals surface area contributed by atoms with E-state index in [1.54, 1.807) is 19.2 Å². The van der Waals surface area contributed by atoms with Crippen LogP contribution >= 0.6 is 12.4 Å². The molecule has 0 spiro atoms. The number of β-amino-alcohol motifs (C(OH)–C–C–N with tert-alkyl or cyclic N) is 1. The number of aliphatic hydroxyl groups is 1. The molecule has 0 bridgehead atoms. The number of Topliss-reactive ketones (excluding diaryl/α,β-unsaturated/α-hetero) is 1. The third-order valence-corrected chi connectivity index (χ3v) is 6.49. The predicted molar refractivity (Wildman–Crippen MR) is 146 cm³/mol. The van der Waals surface area contributed by atoms with Crippen LogP contribution in [0, 0.1) is 11.6 Å². The molecule has 3 aromatic carbocycles. The lowest BCUT2D eigenvalue weighted by molar-refractivity contribution is 0.0655. The second-order valence-corrected chi connectivity index (χ2v) is 9.11. The monoisotopic (exact) mass is 546 g/mol. The van der Waals surface area contributed by atoms with Crippen molar-refractivity contribution in [3.8, 4) is 11.5 Å². The molecule has 3 aromatic rings. The highest BCUT2D eigenvalue weighted by Gasteiger charge is 2.22. The van der Waals surface area contributed by atoms with Crippen LogP contribution in [0.25, 0.3) is 0 Å². The normalized spacial score (nSPS) is 14.5. The number of benzene rings is 3. The minimum absolute atomic E-state index is 0. The molecular weight excluding hydrogens is 514 g/mol. The third-order valence-electron chi connectivity index (χ3n) is 6.49. The number of aryl methyl sites for hydroxylation is 1. The predicted octanol–water partition coefficient (Wildman–Crippen LogP) is 4.77. The Morgan fingerprint density at radius 3 is 2.34 bits per heavy atom. The smallest absolute Gasteiger partial charge is 0.167 e. The number of para-hydroxylation sites is 2. The van der Waals surface area contributed by atoms with Crippen molar-refractivity contribution in [2.45, 2.75) is 18.9 Å². The molecule has 1 N–H and O–H groups in total. The highest BCUT2D eigenvalue weighted by atomic mass is 35.5. The van der Waals surface area contributed by atoms with Crippen molar-refractivity contribution in [2.24, 2.45) is 0 Å².